The van der Waals surface area contributed by atoms with Gasteiger partial charge in [0, 0.05) is 19.3 Å². The lowest BCUT2D eigenvalue weighted by Gasteiger charge is -2.24. The second-order valence-electron chi connectivity index (χ2n) is 7.16. The molecule has 2 aromatic rings. The summed E-state index contributed by atoms with van der Waals surface area (Å²) >= 11 is 0. The van der Waals surface area contributed by atoms with Gasteiger partial charge in [-0.15, -0.1) is 0 Å². The standard InChI is InChI=1S/C19H24N4O/c1-13(14-7-8-14)23-12-17(11-20-23)21-19(24)22(2)18-9-15-5-3-4-6-16(15)10-18/h3-6,11-14,18H,7-10H2,1-2H3,(H,21,24). The van der Waals surface area contributed by atoms with E-state index in [1.54, 1.807) is 6.20 Å². The first-order valence-electron chi connectivity index (χ1n) is 8.76. The minimum absolute atomic E-state index is 0.0635. The summed E-state index contributed by atoms with van der Waals surface area (Å²) in [6.45, 7) is 2.19. The second kappa shape index (κ2) is 5.96. The van der Waals surface area contributed by atoms with Crippen LogP contribution in [-0.2, 0) is 12.8 Å². The highest BCUT2D eigenvalue weighted by Gasteiger charge is 2.30. The Labute approximate surface area is 142 Å². The number of hydrogen-bond donors (Lipinski definition) is 1. The molecule has 0 spiro atoms. The highest BCUT2D eigenvalue weighted by atomic mass is 16.2. The number of carbonyl (C=O) groups excluding carboxylic acids is 1. The highest BCUT2D eigenvalue weighted by Crippen LogP contribution is 2.39. The van der Waals surface area contributed by atoms with Crippen molar-refractivity contribution in [3.05, 3.63) is 47.8 Å². The molecule has 5 heteroatoms. The molecular weight excluding hydrogens is 300 g/mol. The van der Waals surface area contributed by atoms with E-state index in [0.717, 1.165) is 24.4 Å². The third kappa shape index (κ3) is 2.90. The fourth-order valence-corrected chi connectivity index (χ4v) is 3.61. The predicted molar refractivity (Wildman–Crippen MR) is 94.1 cm³/mol. The van der Waals surface area contributed by atoms with Crippen LogP contribution in [0.25, 0.3) is 0 Å². The van der Waals surface area contributed by atoms with Crippen LogP contribution in [-0.4, -0.2) is 33.8 Å². The Bertz CT molecular complexity index is 724. The minimum Gasteiger partial charge on any atom is -0.324 e. The molecular formula is C19H24N4O. The number of likely N-dealkylation sites (N-methyl/N-ethyl adjacent to an activating group) is 1. The van der Waals surface area contributed by atoms with Crippen LogP contribution in [0.2, 0.25) is 0 Å². The van der Waals surface area contributed by atoms with Gasteiger partial charge in [-0.05, 0) is 49.7 Å². The number of benzene rings is 1. The predicted octanol–water partition coefficient (Wildman–Crippen LogP) is 3.49. The highest BCUT2D eigenvalue weighted by molar-refractivity contribution is 5.89. The fraction of sp³-hybridized carbons (Fsp3) is 0.474. The Balaban J connectivity index is 1.38. The van der Waals surface area contributed by atoms with E-state index in [0.29, 0.717) is 6.04 Å². The molecule has 1 saturated carbocycles. The van der Waals surface area contributed by atoms with Crippen molar-refractivity contribution in [1.82, 2.24) is 14.7 Å². The third-order valence-electron chi connectivity index (χ3n) is 5.47. The molecule has 1 N–H and O–H groups in total. The lowest BCUT2D eigenvalue weighted by molar-refractivity contribution is 0.205. The Kier molecular flexibility index (Phi) is 3.79. The van der Waals surface area contributed by atoms with Gasteiger partial charge in [0.2, 0.25) is 0 Å². The van der Waals surface area contributed by atoms with Crippen LogP contribution in [0.4, 0.5) is 10.5 Å². The van der Waals surface area contributed by atoms with Gasteiger partial charge in [-0.3, -0.25) is 4.68 Å². The van der Waals surface area contributed by atoms with E-state index >= 15 is 0 Å². The van der Waals surface area contributed by atoms with Crippen LogP contribution in [0.5, 0.6) is 0 Å². The molecule has 5 nitrogen and oxygen atoms in total. The third-order valence-corrected chi connectivity index (χ3v) is 5.47. The van der Waals surface area contributed by atoms with Gasteiger partial charge in [0.05, 0.1) is 17.9 Å². The molecule has 2 aliphatic rings. The Morgan fingerprint density at radius 2 is 1.96 bits per heavy atom. The van der Waals surface area contributed by atoms with Crippen LogP contribution in [0.1, 0.15) is 36.9 Å². The van der Waals surface area contributed by atoms with Gasteiger partial charge in [0.15, 0.2) is 0 Å². The number of nitrogens with one attached hydrogen (secondary N) is 1. The largest absolute Gasteiger partial charge is 0.324 e. The van der Waals surface area contributed by atoms with E-state index in [9.17, 15) is 4.79 Å². The van der Waals surface area contributed by atoms with Crippen molar-refractivity contribution in [3.63, 3.8) is 0 Å². The number of nitrogens with zero attached hydrogens (tertiary/aromatic N) is 3. The first-order chi connectivity index (χ1) is 11.6. The second-order valence-corrected chi connectivity index (χ2v) is 7.16. The average Bonchev–Trinajstić information content (AvgIpc) is 3.18. The lowest BCUT2D eigenvalue weighted by Crippen LogP contribution is -2.40. The maximum absolute atomic E-state index is 12.6. The van der Waals surface area contributed by atoms with Crippen LogP contribution >= 0.6 is 0 Å². The molecule has 1 fully saturated rings. The molecule has 0 bridgehead atoms. The number of rotatable bonds is 4. The molecule has 2 amide bonds. The van der Waals surface area contributed by atoms with Crippen molar-refractivity contribution in [3.8, 4) is 0 Å². The van der Waals surface area contributed by atoms with Crippen LogP contribution < -0.4 is 5.32 Å². The van der Waals surface area contributed by atoms with E-state index in [-0.39, 0.29) is 12.1 Å². The summed E-state index contributed by atoms with van der Waals surface area (Å²) in [4.78, 5) is 14.4. The minimum atomic E-state index is -0.0635. The first kappa shape index (κ1) is 15.2. The molecule has 1 atom stereocenters. The van der Waals surface area contributed by atoms with E-state index < -0.39 is 0 Å². The number of anilines is 1. The normalized spacial score (nSPS) is 18.2. The number of amides is 2. The zero-order valence-corrected chi connectivity index (χ0v) is 14.3. The van der Waals surface area contributed by atoms with Gasteiger partial charge in [-0.1, -0.05) is 24.3 Å². The van der Waals surface area contributed by atoms with Crippen molar-refractivity contribution >= 4 is 11.7 Å². The van der Waals surface area contributed by atoms with Crippen molar-refractivity contribution in [2.75, 3.05) is 12.4 Å². The molecule has 1 aromatic heterocycles. The number of carbonyl (C=O) groups is 1. The SMILES string of the molecule is CC(C1CC1)n1cc(NC(=O)N(C)C2Cc3ccccc3C2)cn1. The van der Waals surface area contributed by atoms with Crippen molar-refractivity contribution < 1.29 is 4.79 Å². The zero-order valence-electron chi connectivity index (χ0n) is 14.3. The summed E-state index contributed by atoms with van der Waals surface area (Å²) in [5.74, 6) is 0.744. The Morgan fingerprint density at radius 3 is 2.58 bits per heavy atom. The van der Waals surface area contributed by atoms with Gasteiger partial charge in [-0.25, -0.2) is 4.79 Å². The van der Waals surface area contributed by atoms with E-state index in [1.165, 1.54) is 24.0 Å². The number of fused-ring (bicyclic) bond motifs is 1. The number of urea groups is 1. The molecule has 1 unspecified atom stereocenters. The topological polar surface area (TPSA) is 50.2 Å². The molecule has 2 aliphatic carbocycles. The fourth-order valence-electron chi connectivity index (χ4n) is 3.61. The van der Waals surface area contributed by atoms with Gasteiger partial charge < -0.3 is 10.2 Å². The lowest BCUT2D eigenvalue weighted by atomic mass is 10.1. The van der Waals surface area contributed by atoms with Crippen molar-refractivity contribution in [1.29, 1.82) is 0 Å². The molecule has 0 radical (unpaired) electrons. The zero-order chi connectivity index (χ0) is 16.7. The smallest absolute Gasteiger partial charge is 0.321 e. The number of aromatic nitrogens is 2. The van der Waals surface area contributed by atoms with E-state index in [2.05, 4.69) is 41.6 Å². The van der Waals surface area contributed by atoms with Crippen LogP contribution in [0, 0.1) is 5.92 Å². The summed E-state index contributed by atoms with van der Waals surface area (Å²) < 4.78 is 1.97. The molecule has 126 valence electrons. The molecule has 4 rings (SSSR count). The summed E-state index contributed by atoms with van der Waals surface area (Å²) in [6, 6.07) is 9.02. The van der Waals surface area contributed by atoms with Crippen molar-refractivity contribution in [2.45, 2.75) is 44.7 Å². The summed E-state index contributed by atoms with van der Waals surface area (Å²) in [5.41, 5.74) is 3.48. The maximum Gasteiger partial charge on any atom is 0.321 e. The molecule has 24 heavy (non-hydrogen) atoms. The van der Waals surface area contributed by atoms with Gasteiger partial charge >= 0.3 is 6.03 Å². The van der Waals surface area contributed by atoms with E-state index in [4.69, 9.17) is 0 Å². The van der Waals surface area contributed by atoms with Crippen LogP contribution in [0.15, 0.2) is 36.7 Å². The number of hydrogen-bond acceptors (Lipinski definition) is 2. The van der Waals surface area contributed by atoms with Gasteiger partial charge in [-0.2, -0.15) is 5.10 Å². The first-order valence-corrected chi connectivity index (χ1v) is 8.76. The van der Waals surface area contributed by atoms with Crippen LogP contribution in [0.3, 0.4) is 0 Å². The van der Waals surface area contributed by atoms with E-state index in [1.807, 2.05) is 22.8 Å². The summed E-state index contributed by atoms with van der Waals surface area (Å²) in [5, 5.41) is 7.39. The monoisotopic (exact) mass is 324 g/mol. The molecule has 1 heterocycles. The molecule has 0 aliphatic heterocycles. The van der Waals surface area contributed by atoms with Crippen molar-refractivity contribution in [2.24, 2.45) is 5.92 Å². The Morgan fingerprint density at radius 1 is 1.29 bits per heavy atom. The molecule has 0 saturated heterocycles. The summed E-state index contributed by atoms with van der Waals surface area (Å²) in [6.07, 6.45) is 8.11. The average molecular weight is 324 g/mol. The van der Waals surface area contributed by atoms with Gasteiger partial charge in [0.1, 0.15) is 0 Å². The quantitative estimate of drug-likeness (QED) is 0.936. The summed E-state index contributed by atoms with van der Waals surface area (Å²) in [7, 11) is 1.88. The Hall–Kier alpha value is -2.30. The molecule has 1 aromatic carbocycles. The van der Waals surface area contributed by atoms with Gasteiger partial charge in [0.25, 0.3) is 0 Å². The maximum atomic E-state index is 12.6.